The van der Waals surface area contributed by atoms with E-state index in [-0.39, 0.29) is 5.56 Å². The minimum absolute atomic E-state index is 0.141. The van der Waals surface area contributed by atoms with E-state index < -0.39 is 0 Å². The Labute approximate surface area is 119 Å². The summed E-state index contributed by atoms with van der Waals surface area (Å²) in [4.78, 5) is 12.4. The lowest BCUT2D eigenvalue weighted by Crippen LogP contribution is -2.30. The molecule has 2 atom stereocenters. The average molecular weight is 270 g/mol. The number of hydrogen-bond donors (Lipinski definition) is 1. The molecule has 1 N–H and O–H groups in total. The molecule has 3 nitrogen and oxygen atoms in total. The lowest BCUT2D eigenvalue weighted by Gasteiger charge is -2.19. The van der Waals surface area contributed by atoms with E-state index in [0.29, 0.717) is 12.0 Å². The van der Waals surface area contributed by atoms with Crippen LogP contribution in [0.5, 0.6) is 0 Å². The van der Waals surface area contributed by atoms with Gasteiger partial charge in [0.25, 0.3) is 5.56 Å². The van der Waals surface area contributed by atoms with Gasteiger partial charge in [0.15, 0.2) is 0 Å². The summed E-state index contributed by atoms with van der Waals surface area (Å²) in [6, 6.07) is 10.5. The molecule has 0 radical (unpaired) electrons. The quantitative estimate of drug-likeness (QED) is 0.927. The van der Waals surface area contributed by atoms with Crippen LogP contribution >= 0.6 is 0 Å². The van der Waals surface area contributed by atoms with E-state index in [2.05, 4.69) is 5.32 Å². The fourth-order valence-corrected chi connectivity index (χ4v) is 3.47. The summed E-state index contributed by atoms with van der Waals surface area (Å²) in [6.07, 6.45) is 6.89. The maximum Gasteiger partial charge on any atom is 0.258 e. The Kier molecular flexibility index (Phi) is 3.88. The molecule has 20 heavy (non-hydrogen) atoms. The van der Waals surface area contributed by atoms with Gasteiger partial charge in [0.2, 0.25) is 0 Å². The molecular formula is C17H22N2O. The van der Waals surface area contributed by atoms with Gasteiger partial charge in [-0.15, -0.1) is 0 Å². The van der Waals surface area contributed by atoms with Crippen molar-refractivity contribution in [2.24, 2.45) is 5.92 Å². The van der Waals surface area contributed by atoms with E-state index in [1.165, 1.54) is 19.3 Å². The molecular weight excluding hydrogens is 248 g/mol. The maximum atomic E-state index is 12.4. The summed E-state index contributed by atoms with van der Waals surface area (Å²) >= 11 is 0. The number of nitrogens with zero attached hydrogens (tertiary/aromatic N) is 1. The highest BCUT2D eigenvalue weighted by Gasteiger charge is 2.25. The van der Waals surface area contributed by atoms with E-state index >= 15 is 0 Å². The van der Waals surface area contributed by atoms with Crippen molar-refractivity contribution in [2.75, 3.05) is 7.05 Å². The molecule has 2 unspecified atom stereocenters. The molecule has 0 spiro atoms. The van der Waals surface area contributed by atoms with Gasteiger partial charge in [0.1, 0.15) is 0 Å². The molecule has 3 rings (SSSR count). The van der Waals surface area contributed by atoms with Crippen LogP contribution < -0.4 is 10.9 Å². The van der Waals surface area contributed by atoms with Crippen LogP contribution in [0.15, 0.2) is 41.3 Å². The first kappa shape index (κ1) is 13.4. The van der Waals surface area contributed by atoms with E-state index in [4.69, 9.17) is 0 Å². The van der Waals surface area contributed by atoms with Gasteiger partial charge in [0.05, 0.1) is 0 Å². The lowest BCUT2D eigenvalue weighted by atomic mass is 9.99. The SMILES string of the molecule is CNC1CCCC1CCn1ccc2ccccc2c1=O. The highest BCUT2D eigenvalue weighted by Crippen LogP contribution is 2.28. The van der Waals surface area contributed by atoms with Gasteiger partial charge in [-0.3, -0.25) is 4.79 Å². The normalized spacial score (nSPS) is 22.4. The Balaban J connectivity index is 1.78. The second kappa shape index (κ2) is 5.80. The standard InChI is InChI=1S/C17H22N2O/c1-18-16-8-4-6-14(16)10-12-19-11-9-13-5-2-3-7-15(13)17(19)20/h2-3,5,7,9,11,14,16,18H,4,6,8,10,12H2,1H3. The zero-order chi connectivity index (χ0) is 13.9. The minimum Gasteiger partial charge on any atom is -0.317 e. The number of fused-ring (bicyclic) bond motifs is 1. The fourth-order valence-electron chi connectivity index (χ4n) is 3.47. The summed E-state index contributed by atoms with van der Waals surface area (Å²) in [5, 5.41) is 5.26. The minimum atomic E-state index is 0.141. The maximum absolute atomic E-state index is 12.4. The third-order valence-electron chi connectivity index (χ3n) is 4.66. The molecule has 1 aromatic carbocycles. The number of hydrogen-bond acceptors (Lipinski definition) is 2. The molecule has 3 heteroatoms. The van der Waals surface area contributed by atoms with E-state index in [0.717, 1.165) is 23.7 Å². The van der Waals surface area contributed by atoms with Crippen LogP contribution in [0.4, 0.5) is 0 Å². The van der Waals surface area contributed by atoms with Gasteiger partial charge in [-0.05, 0) is 49.7 Å². The van der Waals surface area contributed by atoms with Gasteiger partial charge in [-0.1, -0.05) is 24.6 Å². The van der Waals surface area contributed by atoms with Crippen LogP contribution in [0.2, 0.25) is 0 Å². The third kappa shape index (κ3) is 2.50. The van der Waals surface area contributed by atoms with Crippen molar-refractivity contribution in [1.82, 2.24) is 9.88 Å². The zero-order valence-electron chi connectivity index (χ0n) is 12.0. The fraction of sp³-hybridized carbons (Fsp3) is 0.471. The Hall–Kier alpha value is -1.61. The van der Waals surface area contributed by atoms with Crippen LogP contribution in [-0.4, -0.2) is 17.7 Å². The molecule has 106 valence electrons. The number of pyridine rings is 1. The summed E-state index contributed by atoms with van der Waals surface area (Å²) in [5.41, 5.74) is 0.141. The molecule has 2 aromatic rings. The van der Waals surface area contributed by atoms with Crippen LogP contribution in [0.25, 0.3) is 10.8 Å². The van der Waals surface area contributed by atoms with Crippen molar-refractivity contribution in [3.63, 3.8) is 0 Å². The van der Waals surface area contributed by atoms with Crippen molar-refractivity contribution >= 4 is 10.8 Å². The molecule has 1 aliphatic rings. The van der Waals surface area contributed by atoms with Gasteiger partial charge in [-0.25, -0.2) is 0 Å². The van der Waals surface area contributed by atoms with Crippen molar-refractivity contribution in [3.05, 3.63) is 46.9 Å². The predicted octanol–water partition coefficient (Wildman–Crippen LogP) is 2.78. The van der Waals surface area contributed by atoms with Crippen molar-refractivity contribution in [2.45, 2.75) is 38.3 Å². The molecule has 1 saturated carbocycles. The monoisotopic (exact) mass is 270 g/mol. The summed E-state index contributed by atoms with van der Waals surface area (Å²) in [6.45, 7) is 0.826. The van der Waals surface area contributed by atoms with Gasteiger partial charge in [0, 0.05) is 24.2 Å². The summed E-state index contributed by atoms with van der Waals surface area (Å²) < 4.78 is 1.87. The Morgan fingerprint density at radius 2 is 2.10 bits per heavy atom. The molecule has 0 aliphatic heterocycles. The molecule has 1 heterocycles. The Morgan fingerprint density at radius 3 is 2.95 bits per heavy atom. The highest BCUT2D eigenvalue weighted by atomic mass is 16.1. The van der Waals surface area contributed by atoms with Gasteiger partial charge in [-0.2, -0.15) is 0 Å². The first-order valence-corrected chi connectivity index (χ1v) is 7.55. The lowest BCUT2D eigenvalue weighted by molar-refractivity contribution is 0.376. The van der Waals surface area contributed by atoms with Crippen LogP contribution in [0, 0.1) is 5.92 Å². The second-order valence-corrected chi connectivity index (χ2v) is 5.78. The smallest absolute Gasteiger partial charge is 0.258 e. The molecule has 0 saturated heterocycles. The zero-order valence-corrected chi connectivity index (χ0v) is 12.0. The first-order valence-electron chi connectivity index (χ1n) is 7.55. The van der Waals surface area contributed by atoms with Crippen molar-refractivity contribution < 1.29 is 0 Å². The van der Waals surface area contributed by atoms with Crippen LogP contribution in [0.1, 0.15) is 25.7 Å². The Bertz CT molecular complexity index is 647. The van der Waals surface area contributed by atoms with Crippen LogP contribution in [0.3, 0.4) is 0 Å². The number of nitrogens with one attached hydrogen (secondary N) is 1. The predicted molar refractivity (Wildman–Crippen MR) is 83.0 cm³/mol. The topological polar surface area (TPSA) is 34.0 Å². The second-order valence-electron chi connectivity index (χ2n) is 5.78. The highest BCUT2D eigenvalue weighted by molar-refractivity contribution is 5.81. The van der Waals surface area contributed by atoms with Crippen LogP contribution in [-0.2, 0) is 6.54 Å². The molecule has 1 fully saturated rings. The van der Waals surface area contributed by atoms with Gasteiger partial charge < -0.3 is 9.88 Å². The average Bonchev–Trinajstić information content (AvgIpc) is 2.94. The molecule has 0 bridgehead atoms. The summed E-state index contributed by atoms with van der Waals surface area (Å²) in [5.74, 6) is 0.707. The largest absolute Gasteiger partial charge is 0.317 e. The number of rotatable bonds is 4. The van der Waals surface area contributed by atoms with E-state index in [9.17, 15) is 4.79 Å². The van der Waals surface area contributed by atoms with Crippen molar-refractivity contribution in [1.29, 1.82) is 0 Å². The van der Waals surface area contributed by atoms with E-state index in [1.54, 1.807) is 0 Å². The number of benzene rings is 1. The molecule has 0 amide bonds. The number of aromatic nitrogens is 1. The summed E-state index contributed by atoms with van der Waals surface area (Å²) in [7, 11) is 2.05. The van der Waals surface area contributed by atoms with E-state index in [1.807, 2.05) is 48.1 Å². The molecule has 1 aliphatic carbocycles. The first-order chi connectivity index (χ1) is 9.79. The van der Waals surface area contributed by atoms with Gasteiger partial charge >= 0.3 is 0 Å². The van der Waals surface area contributed by atoms with Crippen molar-refractivity contribution in [3.8, 4) is 0 Å². The molecule has 1 aromatic heterocycles. The number of aryl methyl sites for hydroxylation is 1. The Morgan fingerprint density at radius 1 is 1.25 bits per heavy atom. The third-order valence-corrected chi connectivity index (χ3v) is 4.66.